The summed E-state index contributed by atoms with van der Waals surface area (Å²) in [6.45, 7) is 1.86. The van der Waals surface area contributed by atoms with Gasteiger partial charge in [-0.25, -0.2) is 14.6 Å². The average Bonchev–Trinajstić information content (AvgIpc) is 2.89. The second-order valence-corrected chi connectivity index (χ2v) is 9.67. The zero-order valence-electron chi connectivity index (χ0n) is 19.9. The molecule has 4 aromatic rings. The minimum Gasteiger partial charge on any atom is -0.504 e. The highest BCUT2D eigenvalue weighted by Crippen LogP contribution is 2.36. The van der Waals surface area contributed by atoms with Gasteiger partial charge in [0.2, 0.25) is 0 Å². The van der Waals surface area contributed by atoms with Crippen LogP contribution in [-0.2, 0) is 9.59 Å². The smallest absolute Gasteiger partial charge is 0.343 e. The molecule has 37 heavy (non-hydrogen) atoms. The molecule has 1 N–H and O–H groups in total. The number of anilines is 2. The Labute approximate surface area is 226 Å². The number of hydrogen-bond acceptors (Lipinski definition) is 5. The van der Waals surface area contributed by atoms with E-state index in [-0.39, 0.29) is 17.1 Å². The summed E-state index contributed by atoms with van der Waals surface area (Å²) in [6, 6.07) is 22.2. The maximum Gasteiger partial charge on any atom is 0.343 e. The molecular formula is C29H21IN2O5. The van der Waals surface area contributed by atoms with Crippen LogP contribution in [0.4, 0.5) is 16.2 Å². The third kappa shape index (κ3) is 4.33. The summed E-state index contributed by atoms with van der Waals surface area (Å²) in [5.41, 5.74) is 1.86. The molecule has 0 aliphatic carbocycles. The molecule has 0 saturated carbocycles. The van der Waals surface area contributed by atoms with Gasteiger partial charge in [-0.2, -0.15) is 0 Å². The van der Waals surface area contributed by atoms with Gasteiger partial charge in [0.25, 0.3) is 11.8 Å². The molecule has 1 fully saturated rings. The Morgan fingerprint density at radius 3 is 2.32 bits per heavy atom. The topological polar surface area (TPSA) is 87.2 Å². The van der Waals surface area contributed by atoms with Crippen LogP contribution in [0.5, 0.6) is 11.5 Å². The highest BCUT2D eigenvalue weighted by molar-refractivity contribution is 14.1. The van der Waals surface area contributed by atoms with Crippen LogP contribution in [0.3, 0.4) is 0 Å². The largest absolute Gasteiger partial charge is 0.504 e. The van der Waals surface area contributed by atoms with Gasteiger partial charge in [0.1, 0.15) is 5.57 Å². The molecule has 8 heteroatoms. The van der Waals surface area contributed by atoms with E-state index < -0.39 is 17.8 Å². The van der Waals surface area contributed by atoms with Crippen LogP contribution < -0.4 is 14.5 Å². The standard InChI is InChI=1S/C29H21IN2O5/c1-17-7-5-10-20(13-17)31-27(34)22(14-18-15-23(30)26(33)25(16-18)37-2)28(35)32(29(31)36)24-12-6-9-19-8-3-4-11-21(19)24/h3-16,33H,1-2H3/b22-14+. The normalized spacial score (nSPS) is 15.1. The molecule has 0 aromatic heterocycles. The zero-order chi connectivity index (χ0) is 26.3. The Morgan fingerprint density at radius 2 is 1.57 bits per heavy atom. The number of phenols is 1. The molecular weight excluding hydrogens is 583 g/mol. The van der Waals surface area contributed by atoms with E-state index in [1.165, 1.54) is 19.3 Å². The van der Waals surface area contributed by atoms with E-state index in [0.29, 0.717) is 25.9 Å². The van der Waals surface area contributed by atoms with Crippen molar-refractivity contribution in [1.82, 2.24) is 0 Å². The summed E-state index contributed by atoms with van der Waals surface area (Å²) >= 11 is 1.94. The molecule has 1 saturated heterocycles. The van der Waals surface area contributed by atoms with Crippen LogP contribution in [0.15, 0.2) is 84.4 Å². The predicted molar refractivity (Wildman–Crippen MR) is 151 cm³/mol. The third-order valence-corrected chi connectivity index (χ3v) is 6.92. The van der Waals surface area contributed by atoms with Crippen LogP contribution >= 0.6 is 22.6 Å². The molecule has 4 amide bonds. The van der Waals surface area contributed by atoms with Gasteiger partial charge in [0.05, 0.1) is 22.1 Å². The molecule has 0 unspecified atom stereocenters. The molecule has 184 valence electrons. The number of benzene rings is 4. The lowest BCUT2D eigenvalue weighted by atomic mass is 10.0. The number of nitrogens with zero attached hydrogens (tertiary/aromatic N) is 2. The lowest BCUT2D eigenvalue weighted by Crippen LogP contribution is -2.57. The van der Waals surface area contributed by atoms with E-state index in [9.17, 15) is 19.5 Å². The first-order valence-electron chi connectivity index (χ1n) is 11.4. The van der Waals surface area contributed by atoms with Gasteiger partial charge in [-0.1, -0.05) is 48.5 Å². The molecule has 0 atom stereocenters. The van der Waals surface area contributed by atoms with Gasteiger partial charge in [-0.05, 0) is 82.4 Å². The van der Waals surface area contributed by atoms with Crippen molar-refractivity contribution >= 4 is 68.7 Å². The van der Waals surface area contributed by atoms with Crippen LogP contribution in [0.1, 0.15) is 11.1 Å². The van der Waals surface area contributed by atoms with Crippen molar-refractivity contribution in [3.63, 3.8) is 0 Å². The fourth-order valence-corrected chi connectivity index (χ4v) is 4.96. The Balaban J connectivity index is 1.73. The second-order valence-electron chi connectivity index (χ2n) is 8.51. The highest BCUT2D eigenvalue weighted by Gasteiger charge is 2.44. The summed E-state index contributed by atoms with van der Waals surface area (Å²) < 4.78 is 5.72. The van der Waals surface area contributed by atoms with Crippen LogP contribution in [-0.4, -0.2) is 30.1 Å². The molecule has 1 aliphatic rings. The first kappa shape index (κ1) is 24.5. The number of amides is 4. The number of carbonyl (C=O) groups is 3. The third-order valence-electron chi connectivity index (χ3n) is 6.10. The number of hydrogen-bond donors (Lipinski definition) is 1. The number of aryl methyl sites for hydroxylation is 1. The Morgan fingerprint density at radius 1 is 0.865 bits per heavy atom. The zero-order valence-corrected chi connectivity index (χ0v) is 22.1. The minimum absolute atomic E-state index is 0.0412. The molecule has 0 bridgehead atoms. The Bertz CT molecular complexity index is 1620. The van der Waals surface area contributed by atoms with E-state index in [1.807, 2.05) is 65.9 Å². The van der Waals surface area contributed by atoms with E-state index in [4.69, 9.17) is 4.74 Å². The highest BCUT2D eigenvalue weighted by atomic mass is 127. The minimum atomic E-state index is -0.757. The Hall–Kier alpha value is -4.18. The SMILES string of the molecule is COc1cc(/C=C2\C(=O)N(c3cccc(C)c3)C(=O)N(c3cccc4ccccc34)C2=O)cc(I)c1O. The van der Waals surface area contributed by atoms with Crippen LogP contribution in [0, 0.1) is 10.5 Å². The number of barbiturate groups is 1. The van der Waals surface area contributed by atoms with E-state index in [2.05, 4.69) is 0 Å². The first-order chi connectivity index (χ1) is 17.8. The lowest BCUT2D eigenvalue weighted by molar-refractivity contribution is -0.121. The van der Waals surface area contributed by atoms with Crippen LogP contribution in [0.25, 0.3) is 16.8 Å². The number of carbonyl (C=O) groups excluding carboxylic acids is 3. The number of halogens is 1. The molecule has 1 heterocycles. The number of imide groups is 2. The number of ether oxygens (including phenoxy) is 1. The fraction of sp³-hybridized carbons (Fsp3) is 0.0690. The fourth-order valence-electron chi connectivity index (χ4n) is 4.34. The van der Waals surface area contributed by atoms with Gasteiger partial charge in [-0.15, -0.1) is 0 Å². The predicted octanol–water partition coefficient (Wildman–Crippen LogP) is 6.05. The summed E-state index contributed by atoms with van der Waals surface area (Å²) in [7, 11) is 1.42. The van der Waals surface area contributed by atoms with Crippen LogP contribution in [0.2, 0.25) is 0 Å². The number of rotatable bonds is 4. The summed E-state index contributed by atoms with van der Waals surface area (Å²) in [5.74, 6) is -1.32. The van der Waals surface area contributed by atoms with Gasteiger partial charge in [-0.3, -0.25) is 9.59 Å². The maximum absolute atomic E-state index is 13.9. The number of phenolic OH excluding ortho intramolecular Hbond substituents is 1. The molecule has 4 aromatic carbocycles. The second kappa shape index (κ2) is 9.70. The molecule has 7 nitrogen and oxygen atoms in total. The molecule has 1 aliphatic heterocycles. The van der Waals surface area contributed by atoms with Gasteiger partial charge >= 0.3 is 6.03 Å². The van der Waals surface area contributed by atoms with Crippen molar-refractivity contribution in [3.05, 3.63) is 99.1 Å². The van der Waals surface area contributed by atoms with Crippen molar-refractivity contribution in [3.8, 4) is 11.5 Å². The average molecular weight is 604 g/mol. The van der Waals surface area contributed by atoms with E-state index >= 15 is 0 Å². The molecule has 0 radical (unpaired) electrons. The van der Waals surface area contributed by atoms with Crippen molar-refractivity contribution in [2.75, 3.05) is 16.9 Å². The molecule has 0 spiro atoms. The van der Waals surface area contributed by atoms with E-state index in [1.54, 1.807) is 36.4 Å². The Kier molecular flexibility index (Phi) is 6.43. The monoisotopic (exact) mass is 604 g/mol. The summed E-state index contributed by atoms with van der Waals surface area (Å²) in [5, 5.41) is 11.8. The number of fused-ring (bicyclic) bond motifs is 1. The summed E-state index contributed by atoms with van der Waals surface area (Å²) in [6.07, 6.45) is 1.42. The number of methoxy groups -OCH3 is 1. The van der Waals surface area contributed by atoms with Crippen molar-refractivity contribution in [2.45, 2.75) is 6.92 Å². The number of urea groups is 1. The van der Waals surface area contributed by atoms with Crippen molar-refractivity contribution in [2.24, 2.45) is 0 Å². The van der Waals surface area contributed by atoms with Gasteiger partial charge in [0, 0.05) is 5.39 Å². The number of aromatic hydroxyl groups is 1. The quantitative estimate of drug-likeness (QED) is 0.174. The van der Waals surface area contributed by atoms with Crippen molar-refractivity contribution in [1.29, 1.82) is 0 Å². The maximum atomic E-state index is 13.9. The van der Waals surface area contributed by atoms with Gasteiger partial charge in [0.15, 0.2) is 11.5 Å². The van der Waals surface area contributed by atoms with Crippen molar-refractivity contribution < 1.29 is 24.2 Å². The lowest BCUT2D eigenvalue weighted by Gasteiger charge is -2.34. The van der Waals surface area contributed by atoms with Gasteiger partial charge < -0.3 is 9.84 Å². The summed E-state index contributed by atoms with van der Waals surface area (Å²) in [4.78, 5) is 43.5. The first-order valence-corrected chi connectivity index (χ1v) is 12.4. The van der Waals surface area contributed by atoms with E-state index in [0.717, 1.165) is 20.7 Å². The molecule has 5 rings (SSSR count).